The van der Waals surface area contributed by atoms with Crippen LogP contribution in [0.3, 0.4) is 0 Å². The SMILES string of the molecule is NS(=O)(=O)c1ccc(NC(=O)COC(=O)Cc2ccc(Cl)cc2Cl)cc1. The van der Waals surface area contributed by atoms with Gasteiger partial charge in [0.05, 0.1) is 11.3 Å². The molecular weight excluding hydrogens is 403 g/mol. The topological polar surface area (TPSA) is 116 Å². The fourth-order valence-electron chi connectivity index (χ4n) is 1.94. The van der Waals surface area contributed by atoms with Gasteiger partial charge in [-0.15, -0.1) is 0 Å². The highest BCUT2D eigenvalue weighted by Gasteiger charge is 2.12. The molecule has 7 nitrogen and oxygen atoms in total. The molecule has 0 spiro atoms. The van der Waals surface area contributed by atoms with Gasteiger partial charge in [-0.05, 0) is 42.0 Å². The largest absolute Gasteiger partial charge is 0.455 e. The van der Waals surface area contributed by atoms with Crippen molar-refractivity contribution in [3.63, 3.8) is 0 Å². The number of hydrogen-bond donors (Lipinski definition) is 2. The lowest BCUT2D eigenvalue weighted by Gasteiger charge is -2.08. The van der Waals surface area contributed by atoms with Crippen molar-refractivity contribution in [2.24, 2.45) is 5.14 Å². The minimum Gasteiger partial charge on any atom is -0.455 e. The van der Waals surface area contributed by atoms with Crippen molar-refractivity contribution >= 4 is 50.8 Å². The Morgan fingerprint density at radius 1 is 1.08 bits per heavy atom. The molecular formula is C16H14Cl2N2O5S. The van der Waals surface area contributed by atoms with Crippen molar-refractivity contribution in [2.75, 3.05) is 11.9 Å². The second-order valence-electron chi connectivity index (χ2n) is 5.19. The number of rotatable bonds is 6. The van der Waals surface area contributed by atoms with E-state index in [1.165, 1.54) is 30.3 Å². The lowest BCUT2D eigenvalue weighted by Crippen LogP contribution is -2.21. The summed E-state index contributed by atoms with van der Waals surface area (Å²) in [6.45, 7) is -0.499. The zero-order valence-electron chi connectivity index (χ0n) is 13.2. The number of amides is 1. The highest BCUT2D eigenvalue weighted by atomic mass is 35.5. The predicted molar refractivity (Wildman–Crippen MR) is 97.6 cm³/mol. The number of sulfonamides is 1. The molecule has 0 heterocycles. The number of ether oxygens (including phenoxy) is 1. The molecule has 138 valence electrons. The zero-order chi connectivity index (χ0) is 19.3. The number of anilines is 1. The van der Waals surface area contributed by atoms with Crippen LogP contribution < -0.4 is 10.5 Å². The number of nitrogens with one attached hydrogen (secondary N) is 1. The molecule has 26 heavy (non-hydrogen) atoms. The summed E-state index contributed by atoms with van der Waals surface area (Å²) in [6, 6.07) is 9.93. The molecule has 0 saturated carbocycles. The third-order valence-electron chi connectivity index (χ3n) is 3.18. The molecule has 1 amide bonds. The Kier molecular flexibility index (Phi) is 6.60. The quantitative estimate of drug-likeness (QED) is 0.701. The first kappa shape index (κ1) is 20.2. The van der Waals surface area contributed by atoms with E-state index in [4.69, 9.17) is 33.1 Å². The van der Waals surface area contributed by atoms with Crippen LogP contribution in [0.5, 0.6) is 0 Å². The third kappa shape index (κ3) is 5.99. The molecule has 0 radical (unpaired) electrons. The van der Waals surface area contributed by atoms with E-state index < -0.39 is 28.5 Å². The molecule has 0 atom stereocenters. The zero-order valence-corrected chi connectivity index (χ0v) is 15.6. The summed E-state index contributed by atoms with van der Waals surface area (Å²) >= 11 is 11.7. The van der Waals surface area contributed by atoms with Crippen LogP contribution in [-0.2, 0) is 30.8 Å². The number of nitrogens with two attached hydrogens (primary N) is 1. The van der Waals surface area contributed by atoms with Crippen LogP contribution >= 0.6 is 23.2 Å². The van der Waals surface area contributed by atoms with Crippen LogP contribution in [0.15, 0.2) is 47.4 Å². The van der Waals surface area contributed by atoms with Crippen LogP contribution in [0, 0.1) is 0 Å². The summed E-state index contributed by atoms with van der Waals surface area (Å²) in [7, 11) is -3.81. The van der Waals surface area contributed by atoms with Crippen molar-refractivity contribution in [1.82, 2.24) is 0 Å². The molecule has 0 unspecified atom stereocenters. The Morgan fingerprint density at radius 3 is 2.31 bits per heavy atom. The molecule has 0 saturated heterocycles. The minimum atomic E-state index is -3.81. The van der Waals surface area contributed by atoms with E-state index in [1.54, 1.807) is 12.1 Å². The Morgan fingerprint density at radius 2 is 1.73 bits per heavy atom. The van der Waals surface area contributed by atoms with Gasteiger partial charge in [-0.3, -0.25) is 9.59 Å². The van der Waals surface area contributed by atoms with Crippen LogP contribution in [0.4, 0.5) is 5.69 Å². The van der Waals surface area contributed by atoms with Gasteiger partial charge in [-0.1, -0.05) is 29.3 Å². The van der Waals surface area contributed by atoms with E-state index in [2.05, 4.69) is 5.32 Å². The number of carbonyl (C=O) groups excluding carboxylic acids is 2. The maximum Gasteiger partial charge on any atom is 0.310 e. The lowest BCUT2D eigenvalue weighted by molar-refractivity contribution is -0.146. The standard InChI is InChI=1S/C16H14Cl2N2O5S/c17-11-2-1-10(14(18)8-11)7-16(22)25-9-15(21)20-12-3-5-13(6-4-12)26(19,23)24/h1-6,8H,7,9H2,(H,20,21)(H2,19,23,24). The van der Waals surface area contributed by atoms with Crippen molar-refractivity contribution in [2.45, 2.75) is 11.3 Å². The number of halogens is 2. The summed E-state index contributed by atoms with van der Waals surface area (Å²) < 4.78 is 27.2. The van der Waals surface area contributed by atoms with Crippen molar-refractivity contribution in [1.29, 1.82) is 0 Å². The summed E-state index contributed by atoms with van der Waals surface area (Å²) in [5.74, 6) is -1.21. The van der Waals surface area contributed by atoms with Crippen molar-refractivity contribution < 1.29 is 22.7 Å². The van der Waals surface area contributed by atoms with E-state index in [9.17, 15) is 18.0 Å². The first-order chi connectivity index (χ1) is 12.1. The Hall–Kier alpha value is -2.13. The number of carbonyl (C=O) groups is 2. The molecule has 2 aromatic rings. The number of primary sulfonamides is 1. The van der Waals surface area contributed by atoms with Gasteiger partial charge in [0.15, 0.2) is 6.61 Å². The highest BCUT2D eigenvalue weighted by molar-refractivity contribution is 7.89. The fraction of sp³-hybridized carbons (Fsp3) is 0.125. The Labute approximate surface area is 160 Å². The van der Waals surface area contributed by atoms with Gasteiger partial charge in [0.1, 0.15) is 0 Å². The smallest absolute Gasteiger partial charge is 0.310 e. The van der Waals surface area contributed by atoms with E-state index in [0.29, 0.717) is 21.3 Å². The molecule has 0 bridgehead atoms. The molecule has 0 fully saturated rings. The van der Waals surface area contributed by atoms with Crippen molar-refractivity contribution in [3.05, 3.63) is 58.1 Å². The molecule has 10 heteroatoms. The number of esters is 1. The molecule has 2 rings (SSSR count). The molecule has 0 aliphatic carbocycles. The highest BCUT2D eigenvalue weighted by Crippen LogP contribution is 2.21. The van der Waals surface area contributed by atoms with Gasteiger partial charge in [0, 0.05) is 15.7 Å². The molecule has 0 aliphatic rings. The molecule has 2 aromatic carbocycles. The Bertz CT molecular complexity index is 930. The molecule has 3 N–H and O–H groups in total. The van der Waals surface area contributed by atoms with Gasteiger partial charge < -0.3 is 10.1 Å². The van der Waals surface area contributed by atoms with Crippen molar-refractivity contribution in [3.8, 4) is 0 Å². The van der Waals surface area contributed by atoms with Gasteiger partial charge in [-0.2, -0.15) is 0 Å². The summed E-state index contributed by atoms with van der Waals surface area (Å²) in [4.78, 5) is 23.5. The lowest BCUT2D eigenvalue weighted by atomic mass is 10.1. The Balaban J connectivity index is 1.85. The van der Waals surface area contributed by atoms with Crippen LogP contribution in [0.2, 0.25) is 10.0 Å². The summed E-state index contributed by atoms with van der Waals surface area (Å²) in [5.41, 5.74) is 0.860. The van der Waals surface area contributed by atoms with E-state index in [1.807, 2.05) is 0 Å². The fourth-order valence-corrected chi connectivity index (χ4v) is 2.93. The van der Waals surface area contributed by atoms with E-state index in [0.717, 1.165) is 0 Å². The monoisotopic (exact) mass is 416 g/mol. The normalized spacial score (nSPS) is 11.0. The first-order valence-corrected chi connectivity index (χ1v) is 9.47. The maximum atomic E-state index is 11.8. The van der Waals surface area contributed by atoms with Gasteiger partial charge in [-0.25, -0.2) is 13.6 Å². The second-order valence-corrected chi connectivity index (χ2v) is 7.60. The van der Waals surface area contributed by atoms with Gasteiger partial charge >= 0.3 is 5.97 Å². The second kappa shape index (κ2) is 8.50. The predicted octanol–water partition coefficient (Wildman–Crippen LogP) is 2.37. The van der Waals surface area contributed by atoms with E-state index in [-0.39, 0.29) is 11.3 Å². The van der Waals surface area contributed by atoms with E-state index >= 15 is 0 Å². The molecule has 0 aliphatic heterocycles. The van der Waals surface area contributed by atoms with Crippen LogP contribution in [0.1, 0.15) is 5.56 Å². The van der Waals surface area contributed by atoms with Gasteiger partial charge in [0.25, 0.3) is 5.91 Å². The number of hydrogen-bond acceptors (Lipinski definition) is 5. The summed E-state index contributed by atoms with van der Waals surface area (Å²) in [5, 5.41) is 8.22. The van der Waals surface area contributed by atoms with Crippen LogP contribution in [-0.4, -0.2) is 26.9 Å². The number of benzene rings is 2. The third-order valence-corrected chi connectivity index (χ3v) is 4.70. The maximum absolute atomic E-state index is 11.8. The first-order valence-electron chi connectivity index (χ1n) is 7.17. The average Bonchev–Trinajstić information content (AvgIpc) is 2.55. The minimum absolute atomic E-state index is 0.0817. The van der Waals surface area contributed by atoms with Crippen LogP contribution in [0.25, 0.3) is 0 Å². The average molecular weight is 417 g/mol. The molecule has 0 aromatic heterocycles. The summed E-state index contributed by atoms with van der Waals surface area (Å²) in [6.07, 6.45) is -0.105. The van der Waals surface area contributed by atoms with Gasteiger partial charge in [0.2, 0.25) is 10.0 Å².